The first kappa shape index (κ1) is 20.2. The van der Waals surface area contributed by atoms with Crippen molar-refractivity contribution in [1.82, 2.24) is 9.80 Å². The zero-order valence-corrected chi connectivity index (χ0v) is 13.1. The van der Waals surface area contributed by atoms with E-state index in [1.807, 2.05) is 71.1 Å². The summed E-state index contributed by atoms with van der Waals surface area (Å²) in [6.07, 6.45) is 0. The summed E-state index contributed by atoms with van der Waals surface area (Å²) in [7, 11) is 10.3. The first-order valence-corrected chi connectivity index (χ1v) is 5.97. The molecule has 0 aliphatic carbocycles. The summed E-state index contributed by atoms with van der Waals surface area (Å²) in [5.74, 6) is 0.488. The summed E-state index contributed by atoms with van der Waals surface area (Å²) in [5.41, 5.74) is 0.876. The van der Waals surface area contributed by atoms with Gasteiger partial charge < -0.3 is 24.5 Å². The Balaban J connectivity index is 0. The standard InChI is InChI=1S/C7H9BO3.2C3H9N/c1-6-4-2-3-5-7(6)11-8(9)10;2*1-4(2)3/h2-5,9-10H,1H3;2*1-3H3. The highest BCUT2D eigenvalue weighted by molar-refractivity contribution is 6.33. The van der Waals surface area contributed by atoms with E-state index in [2.05, 4.69) is 4.65 Å². The third-order valence-electron chi connectivity index (χ3n) is 1.33. The topological polar surface area (TPSA) is 56.2 Å². The molecular weight excluding hydrogens is 243 g/mol. The zero-order chi connectivity index (χ0) is 15.4. The number of nitrogens with zero attached hydrogens (tertiary/aromatic N) is 2. The van der Waals surface area contributed by atoms with Crippen LogP contribution in [0.25, 0.3) is 0 Å². The van der Waals surface area contributed by atoms with Crippen molar-refractivity contribution in [2.24, 2.45) is 0 Å². The lowest BCUT2D eigenvalue weighted by molar-refractivity contribution is 0.287. The molecule has 2 N–H and O–H groups in total. The zero-order valence-electron chi connectivity index (χ0n) is 13.1. The van der Waals surface area contributed by atoms with Crippen molar-refractivity contribution in [3.05, 3.63) is 29.8 Å². The predicted molar refractivity (Wildman–Crippen MR) is 81.2 cm³/mol. The van der Waals surface area contributed by atoms with Gasteiger partial charge in [-0.1, -0.05) is 18.2 Å². The predicted octanol–water partition coefficient (Wildman–Crippen LogP) is 0.699. The second-order valence-electron chi connectivity index (χ2n) is 4.89. The van der Waals surface area contributed by atoms with E-state index in [0.717, 1.165) is 5.56 Å². The number of aryl methyl sites for hydroxylation is 1. The molecule has 0 bridgehead atoms. The maximum Gasteiger partial charge on any atom is 0.707 e. The first-order chi connectivity index (χ1) is 8.66. The molecule has 0 aliphatic rings. The average molecular weight is 270 g/mol. The maximum absolute atomic E-state index is 8.46. The van der Waals surface area contributed by atoms with E-state index in [0.29, 0.717) is 5.75 Å². The van der Waals surface area contributed by atoms with Crippen molar-refractivity contribution in [2.75, 3.05) is 42.3 Å². The van der Waals surface area contributed by atoms with E-state index in [4.69, 9.17) is 10.0 Å². The SMILES string of the molecule is CN(C)C.CN(C)C.Cc1ccccc1OB(O)O. The Hall–Kier alpha value is -1.08. The summed E-state index contributed by atoms with van der Waals surface area (Å²) in [4.78, 5) is 4.00. The molecule has 0 unspecified atom stereocenters. The highest BCUT2D eigenvalue weighted by Gasteiger charge is 2.11. The Labute approximate surface area is 117 Å². The van der Waals surface area contributed by atoms with E-state index in [-0.39, 0.29) is 0 Å². The molecule has 0 spiro atoms. The van der Waals surface area contributed by atoms with Crippen LogP contribution in [0.1, 0.15) is 5.56 Å². The van der Waals surface area contributed by atoms with E-state index in [1.54, 1.807) is 12.1 Å². The largest absolute Gasteiger partial charge is 0.707 e. The average Bonchev–Trinajstić information content (AvgIpc) is 2.19. The first-order valence-electron chi connectivity index (χ1n) is 5.97. The van der Waals surface area contributed by atoms with E-state index in [1.165, 1.54) is 0 Å². The molecule has 1 aromatic rings. The van der Waals surface area contributed by atoms with Gasteiger partial charge in [0.25, 0.3) is 0 Å². The lowest BCUT2D eigenvalue weighted by Gasteiger charge is -2.06. The lowest BCUT2D eigenvalue weighted by atomic mass is 10.2. The van der Waals surface area contributed by atoms with E-state index >= 15 is 0 Å². The number of hydrogen-bond donors (Lipinski definition) is 2. The Morgan fingerprint density at radius 1 is 0.895 bits per heavy atom. The third-order valence-corrected chi connectivity index (χ3v) is 1.33. The third kappa shape index (κ3) is 19.4. The number of para-hydroxylation sites is 1. The quantitative estimate of drug-likeness (QED) is 0.775. The molecule has 0 fully saturated rings. The van der Waals surface area contributed by atoms with Gasteiger partial charge in [0.1, 0.15) is 5.75 Å². The summed E-state index contributed by atoms with van der Waals surface area (Å²) >= 11 is 0. The maximum atomic E-state index is 8.46. The molecule has 110 valence electrons. The molecule has 0 radical (unpaired) electrons. The van der Waals surface area contributed by atoms with Crippen LogP contribution in [0.3, 0.4) is 0 Å². The lowest BCUT2D eigenvalue weighted by Crippen LogP contribution is -2.20. The summed E-state index contributed by atoms with van der Waals surface area (Å²) in [6.45, 7) is 1.83. The normalized spacial score (nSPS) is 9.21. The molecule has 6 heteroatoms. The van der Waals surface area contributed by atoms with E-state index < -0.39 is 7.32 Å². The van der Waals surface area contributed by atoms with Crippen LogP contribution in [0.4, 0.5) is 0 Å². The van der Waals surface area contributed by atoms with Crippen molar-refractivity contribution >= 4 is 7.32 Å². The number of benzene rings is 1. The Morgan fingerprint density at radius 2 is 1.26 bits per heavy atom. The molecule has 0 atom stereocenters. The molecule has 0 saturated heterocycles. The van der Waals surface area contributed by atoms with Gasteiger partial charge in [-0.3, -0.25) is 0 Å². The van der Waals surface area contributed by atoms with Crippen molar-refractivity contribution in [1.29, 1.82) is 0 Å². The van der Waals surface area contributed by atoms with Crippen molar-refractivity contribution in [2.45, 2.75) is 6.92 Å². The second-order valence-corrected chi connectivity index (χ2v) is 4.89. The molecule has 0 amide bonds. The highest BCUT2D eigenvalue weighted by Crippen LogP contribution is 2.15. The minimum Gasteiger partial charge on any atom is -0.512 e. The van der Waals surface area contributed by atoms with Crippen LogP contribution in [-0.2, 0) is 0 Å². The fourth-order valence-electron chi connectivity index (χ4n) is 0.802. The molecule has 5 nitrogen and oxygen atoms in total. The van der Waals surface area contributed by atoms with Gasteiger partial charge in [-0.15, -0.1) is 0 Å². The fraction of sp³-hybridized carbons (Fsp3) is 0.538. The molecule has 19 heavy (non-hydrogen) atoms. The Bertz CT molecular complexity index is 309. The van der Waals surface area contributed by atoms with Crippen LogP contribution in [0.5, 0.6) is 5.75 Å². The van der Waals surface area contributed by atoms with E-state index in [9.17, 15) is 0 Å². The van der Waals surface area contributed by atoms with Crippen LogP contribution < -0.4 is 4.65 Å². The summed E-state index contributed by atoms with van der Waals surface area (Å²) < 4.78 is 4.66. The van der Waals surface area contributed by atoms with Gasteiger partial charge in [-0.05, 0) is 60.8 Å². The number of rotatable bonds is 2. The van der Waals surface area contributed by atoms with Gasteiger partial charge in [-0.25, -0.2) is 0 Å². The van der Waals surface area contributed by atoms with Gasteiger partial charge in [0.15, 0.2) is 0 Å². The van der Waals surface area contributed by atoms with Gasteiger partial charge in [0.2, 0.25) is 0 Å². The Morgan fingerprint density at radius 3 is 1.58 bits per heavy atom. The van der Waals surface area contributed by atoms with Crippen LogP contribution >= 0.6 is 0 Å². The molecular formula is C13H27BN2O3. The highest BCUT2D eigenvalue weighted by atomic mass is 16.6. The van der Waals surface area contributed by atoms with Crippen LogP contribution in [0.2, 0.25) is 0 Å². The molecule has 0 aliphatic heterocycles. The molecule has 0 saturated carbocycles. The monoisotopic (exact) mass is 270 g/mol. The van der Waals surface area contributed by atoms with Gasteiger partial charge >= 0.3 is 7.32 Å². The minimum absolute atomic E-state index is 0.488. The van der Waals surface area contributed by atoms with Gasteiger partial charge in [-0.2, -0.15) is 0 Å². The van der Waals surface area contributed by atoms with Crippen molar-refractivity contribution in [3.63, 3.8) is 0 Å². The molecule has 1 rings (SSSR count). The smallest absolute Gasteiger partial charge is 0.512 e. The van der Waals surface area contributed by atoms with Gasteiger partial charge in [0.05, 0.1) is 0 Å². The van der Waals surface area contributed by atoms with Crippen molar-refractivity contribution < 1.29 is 14.7 Å². The Kier molecular flexibility index (Phi) is 12.8. The minimum atomic E-state index is -1.74. The van der Waals surface area contributed by atoms with Crippen LogP contribution in [0.15, 0.2) is 24.3 Å². The molecule has 0 heterocycles. The second kappa shape index (κ2) is 12.0. The summed E-state index contributed by atoms with van der Waals surface area (Å²) in [6, 6.07) is 7.13. The van der Waals surface area contributed by atoms with Crippen molar-refractivity contribution in [3.8, 4) is 5.75 Å². The van der Waals surface area contributed by atoms with Crippen LogP contribution in [-0.4, -0.2) is 69.5 Å². The van der Waals surface area contributed by atoms with Gasteiger partial charge in [0, 0.05) is 0 Å². The molecule has 0 aromatic heterocycles. The number of hydrogen-bond acceptors (Lipinski definition) is 5. The summed E-state index contributed by atoms with van der Waals surface area (Å²) in [5, 5.41) is 16.9. The fourth-order valence-corrected chi connectivity index (χ4v) is 0.802. The molecule has 1 aromatic carbocycles. The van der Waals surface area contributed by atoms with Crippen LogP contribution in [0, 0.1) is 6.92 Å².